The van der Waals surface area contributed by atoms with Gasteiger partial charge in [-0.2, -0.15) is 11.8 Å². The molecule has 1 heterocycles. The van der Waals surface area contributed by atoms with Crippen LogP contribution in [0.4, 0.5) is 0 Å². The minimum absolute atomic E-state index is 0.322. The number of aryl methyl sites for hydroxylation is 1. The van der Waals surface area contributed by atoms with Crippen molar-refractivity contribution in [2.75, 3.05) is 12.4 Å². The van der Waals surface area contributed by atoms with Crippen LogP contribution in [0.25, 0.3) is 0 Å². The van der Waals surface area contributed by atoms with Gasteiger partial charge in [0.1, 0.15) is 5.82 Å². The van der Waals surface area contributed by atoms with E-state index in [-0.39, 0.29) is 5.97 Å². The highest BCUT2D eigenvalue weighted by Crippen LogP contribution is 2.15. The van der Waals surface area contributed by atoms with Crippen LogP contribution in [0.3, 0.4) is 0 Å². The van der Waals surface area contributed by atoms with Crippen LogP contribution in [0, 0.1) is 5.92 Å². The number of nitrogens with zero attached hydrogens (tertiary/aromatic N) is 2. The van der Waals surface area contributed by atoms with E-state index in [9.17, 15) is 4.79 Å². The fourth-order valence-electron chi connectivity index (χ4n) is 1.72. The van der Waals surface area contributed by atoms with Gasteiger partial charge in [-0.15, -0.1) is 0 Å². The van der Waals surface area contributed by atoms with Gasteiger partial charge in [-0.1, -0.05) is 27.2 Å². The number of esters is 1. The molecule has 1 rings (SSSR count). The summed E-state index contributed by atoms with van der Waals surface area (Å²) < 4.78 is 5.04. The molecule has 4 nitrogen and oxygen atoms in total. The molecule has 20 heavy (non-hydrogen) atoms. The van der Waals surface area contributed by atoms with Crippen LogP contribution in [0.5, 0.6) is 0 Å². The van der Waals surface area contributed by atoms with Crippen molar-refractivity contribution >= 4 is 17.7 Å². The number of ether oxygens (including phenoxy) is 1. The second-order valence-electron chi connectivity index (χ2n) is 5.03. The Kier molecular flexibility index (Phi) is 7.59. The monoisotopic (exact) mass is 296 g/mol. The Morgan fingerprint density at radius 2 is 2.15 bits per heavy atom. The molecule has 0 aromatic carbocycles. The first kappa shape index (κ1) is 17.0. The smallest absolute Gasteiger partial charge is 0.341 e. The van der Waals surface area contributed by atoms with Crippen molar-refractivity contribution in [3.63, 3.8) is 0 Å². The largest absolute Gasteiger partial charge is 0.462 e. The van der Waals surface area contributed by atoms with E-state index < -0.39 is 0 Å². The van der Waals surface area contributed by atoms with Gasteiger partial charge in [0.15, 0.2) is 0 Å². The predicted octanol–water partition coefficient (Wildman–Crippen LogP) is 3.50. The summed E-state index contributed by atoms with van der Waals surface area (Å²) in [5.74, 6) is 3.02. The van der Waals surface area contributed by atoms with E-state index in [2.05, 4.69) is 30.7 Å². The molecule has 0 bridgehead atoms. The number of carbonyl (C=O) groups excluding carboxylic acids is 1. The minimum atomic E-state index is -0.322. The lowest BCUT2D eigenvalue weighted by Gasteiger charge is -2.09. The molecule has 0 aliphatic carbocycles. The van der Waals surface area contributed by atoms with E-state index in [1.54, 1.807) is 13.1 Å². The first-order valence-corrected chi connectivity index (χ1v) is 8.33. The average Bonchev–Trinajstić information content (AvgIpc) is 2.39. The Bertz CT molecular complexity index is 436. The number of aromatic nitrogens is 2. The summed E-state index contributed by atoms with van der Waals surface area (Å²) >= 11 is 1.82. The molecule has 0 aliphatic heterocycles. The summed E-state index contributed by atoms with van der Waals surface area (Å²) in [5.41, 5.74) is 1.31. The Balaban J connectivity index is 2.80. The number of hydrogen-bond acceptors (Lipinski definition) is 5. The van der Waals surface area contributed by atoms with Crippen LogP contribution in [0.1, 0.15) is 56.0 Å². The molecule has 0 unspecified atom stereocenters. The Morgan fingerprint density at radius 3 is 2.75 bits per heavy atom. The normalized spacial score (nSPS) is 10.8. The van der Waals surface area contributed by atoms with Crippen LogP contribution in [0.15, 0.2) is 6.20 Å². The summed E-state index contributed by atoms with van der Waals surface area (Å²) in [7, 11) is 0. The van der Waals surface area contributed by atoms with E-state index in [4.69, 9.17) is 4.74 Å². The number of hydrogen-bond donors (Lipinski definition) is 0. The topological polar surface area (TPSA) is 52.1 Å². The maximum atomic E-state index is 11.8. The molecule has 0 amide bonds. The van der Waals surface area contributed by atoms with Gasteiger partial charge in [-0.05, 0) is 25.0 Å². The average molecular weight is 296 g/mol. The lowest BCUT2D eigenvalue weighted by atomic mass is 10.1. The maximum Gasteiger partial charge on any atom is 0.341 e. The molecular formula is C15H24N2O2S. The van der Waals surface area contributed by atoms with Crippen molar-refractivity contribution in [3.05, 3.63) is 23.3 Å². The molecule has 1 aromatic rings. The third-order valence-electron chi connectivity index (χ3n) is 2.58. The molecule has 0 saturated carbocycles. The zero-order chi connectivity index (χ0) is 15.0. The molecule has 0 N–H and O–H groups in total. The number of thioether (sulfide) groups is 1. The molecule has 112 valence electrons. The van der Waals surface area contributed by atoms with Gasteiger partial charge in [-0.3, -0.25) is 0 Å². The Morgan fingerprint density at radius 1 is 1.40 bits per heavy atom. The number of carbonyl (C=O) groups is 1. The van der Waals surface area contributed by atoms with Gasteiger partial charge in [0, 0.05) is 6.20 Å². The Hall–Kier alpha value is -1.10. The van der Waals surface area contributed by atoms with Crippen LogP contribution in [-0.4, -0.2) is 28.3 Å². The SMILES string of the molecule is CCCc1nc(CSCC(C)C)ncc1C(=O)OCC. The van der Waals surface area contributed by atoms with E-state index in [1.807, 2.05) is 11.8 Å². The van der Waals surface area contributed by atoms with E-state index in [1.165, 1.54) is 0 Å². The van der Waals surface area contributed by atoms with Crippen molar-refractivity contribution in [3.8, 4) is 0 Å². The van der Waals surface area contributed by atoms with Crippen molar-refractivity contribution in [1.82, 2.24) is 9.97 Å². The fourth-order valence-corrected chi connectivity index (χ4v) is 2.63. The molecular weight excluding hydrogens is 272 g/mol. The fraction of sp³-hybridized carbons (Fsp3) is 0.667. The molecule has 0 fully saturated rings. The highest BCUT2D eigenvalue weighted by molar-refractivity contribution is 7.98. The summed E-state index contributed by atoms with van der Waals surface area (Å²) in [6.07, 6.45) is 3.34. The Labute approximate surface area is 125 Å². The third kappa shape index (κ3) is 5.49. The molecule has 1 aromatic heterocycles. The molecule has 0 spiro atoms. The van der Waals surface area contributed by atoms with E-state index in [0.717, 1.165) is 35.9 Å². The van der Waals surface area contributed by atoms with Gasteiger partial charge >= 0.3 is 5.97 Å². The van der Waals surface area contributed by atoms with Crippen LogP contribution < -0.4 is 0 Å². The second kappa shape index (κ2) is 8.95. The summed E-state index contributed by atoms with van der Waals surface area (Å²) in [5, 5.41) is 0. The van der Waals surface area contributed by atoms with Crippen molar-refractivity contribution < 1.29 is 9.53 Å². The van der Waals surface area contributed by atoms with Crippen LogP contribution in [-0.2, 0) is 16.9 Å². The highest BCUT2D eigenvalue weighted by atomic mass is 32.2. The molecule has 0 aliphatic rings. The van der Waals surface area contributed by atoms with Crippen LogP contribution >= 0.6 is 11.8 Å². The summed E-state index contributed by atoms with van der Waals surface area (Å²) in [4.78, 5) is 20.7. The van der Waals surface area contributed by atoms with E-state index in [0.29, 0.717) is 18.1 Å². The predicted molar refractivity (Wildman–Crippen MR) is 83.0 cm³/mol. The molecule has 5 heteroatoms. The van der Waals surface area contributed by atoms with Gasteiger partial charge in [-0.25, -0.2) is 14.8 Å². The van der Waals surface area contributed by atoms with Crippen molar-refractivity contribution in [2.45, 2.75) is 46.3 Å². The lowest BCUT2D eigenvalue weighted by Crippen LogP contribution is -2.12. The van der Waals surface area contributed by atoms with Gasteiger partial charge in [0.05, 0.1) is 23.6 Å². The molecule has 0 radical (unpaired) electrons. The van der Waals surface area contributed by atoms with Gasteiger partial charge in [0.25, 0.3) is 0 Å². The maximum absolute atomic E-state index is 11.8. The third-order valence-corrected chi connectivity index (χ3v) is 3.95. The molecule has 0 saturated heterocycles. The van der Waals surface area contributed by atoms with Gasteiger partial charge < -0.3 is 4.74 Å². The first-order chi connectivity index (χ1) is 9.58. The lowest BCUT2D eigenvalue weighted by molar-refractivity contribution is 0.0524. The minimum Gasteiger partial charge on any atom is -0.462 e. The van der Waals surface area contributed by atoms with Crippen molar-refractivity contribution in [2.24, 2.45) is 5.92 Å². The highest BCUT2D eigenvalue weighted by Gasteiger charge is 2.15. The first-order valence-electron chi connectivity index (χ1n) is 7.18. The standard InChI is InChI=1S/C15H24N2O2S/c1-5-7-13-12(15(18)19-6-2)8-16-14(17-13)10-20-9-11(3)4/h8,11H,5-7,9-10H2,1-4H3. The summed E-state index contributed by atoms with van der Waals surface area (Å²) in [6, 6.07) is 0. The quantitative estimate of drug-likeness (QED) is 0.687. The zero-order valence-electron chi connectivity index (χ0n) is 12.8. The number of rotatable bonds is 8. The van der Waals surface area contributed by atoms with Crippen LogP contribution in [0.2, 0.25) is 0 Å². The van der Waals surface area contributed by atoms with Crippen molar-refractivity contribution in [1.29, 1.82) is 0 Å². The molecule has 0 atom stereocenters. The summed E-state index contributed by atoms with van der Waals surface area (Å²) in [6.45, 7) is 8.64. The zero-order valence-corrected chi connectivity index (χ0v) is 13.6. The van der Waals surface area contributed by atoms with E-state index >= 15 is 0 Å². The van der Waals surface area contributed by atoms with Gasteiger partial charge in [0.2, 0.25) is 0 Å². The second-order valence-corrected chi connectivity index (χ2v) is 6.06.